The van der Waals surface area contributed by atoms with Crippen molar-refractivity contribution in [3.8, 4) is 0 Å². The number of nitrogens with zero attached hydrogens (tertiary/aromatic N) is 3. The van der Waals surface area contributed by atoms with Crippen LogP contribution in [-0.2, 0) is 16.1 Å². The van der Waals surface area contributed by atoms with E-state index in [-0.39, 0.29) is 24.3 Å². The van der Waals surface area contributed by atoms with E-state index in [0.717, 1.165) is 0 Å². The van der Waals surface area contributed by atoms with Gasteiger partial charge in [-0.25, -0.2) is 8.78 Å². The van der Waals surface area contributed by atoms with Gasteiger partial charge in [-0.3, -0.25) is 14.4 Å². The van der Waals surface area contributed by atoms with E-state index in [2.05, 4.69) is 0 Å². The zero-order valence-corrected chi connectivity index (χ0v) is 17.0. The number of hydrogen-bond donors (Lipinski definition) is 0. The smallest absolute Gasteiger partial charge is 0.312 e. The molecule has 0 atom stereocenters. The van der Waals surface area contributed by atoms with Gasteiger partial charge in [0.1, 0.15) is 11.6 Å². The molecule has 8 heteroatoms. The van der Waals surface area contributed by atoms with Crippen molar-refractivity contribution in [2.75, 3.05) is 26.2 Å². The zero-order chi connectivity index (χ0) is 22.0. The highest BCUT2D eigenvalue weighted by atomic mass is 19.1. The Bertz CT molecular complexity index is 988. The molecule has 6 nitrogen and oxygen atoms in total. The summed E-state index contributed by atoms with van der Waals surface area (Å²) in [5.41, 5.74) is 1.07. The van der Waals surface area contributed by atoms with Crippen LogP contribution in [0.15, 0.2) is 48.5 Å². The first-order valence-electron chi connectivity index (χ1n) is 10.3. The van der Waals surface area contributed by atoms with Gasteiger partial charge in [-0.15, -0.1) is 0 Å². The maximum absolute atomic E-state index is 13.4. The standard InChI is InChI=1S/C23H23F2N3O3/c24-18-6-4-17(5-7-18)21(29)26-10-8-20(9-11-26)28-13-12-27(22(30)23(28)31)15-16-2-1-3-19(25)14-16/h1-7,14,20H,8-13,15H2. The van der Waals surface area contributed by atoms with Crippen molar-refractivity contribution in [1.29, 1.82) is 0 Å². The van der Waals surface area contributed by atoms with Gasteiger partial charge >= 0.3 is 11.8 Å². The normalized spacial score (nSPS) is 17.9. The summed E-state index contributed by atoms with van der Waals surface area (Å²) in [6.45, 7) is 1.92. The van der Waals surface area contributed by atoms with E-state index in [4.69, 9.17) is 0 Å². The van der Waals surface area contributed by atoms with Crippen LogP contribution in [0.1, 0.15) is 28.8 Å². The predicted molar refractivity (Wildman–Crippen MR) is 109 cm³/mol. The van der Waals surface area contributed by atoms with E-state index >= 15 is 0 Å². The number of rotatable bonds is 4. The van der Waals surface area contributed by atoms with Gasteiger partial charge < -0.3 is 14.7 Å². The van der Waals surface area contributed by atoms with Crippen LogP contribution >= 0.6 is 0 Å². The Morgan fingerprint density at radius 3 is 2.26 bits per heavy atom. The molecule has 0 N–H and O–H groups in total. The van der Waals surface area contributed by atoms with E-state index in [9.17, 15) is 23.2 Å². The fourth-order valence-electron chi connectivity index (χ4n) is 4.20. The summed E-state index contributed by atoms with van der Waals surface area (Å²) in [5.74, 6) is -2.07. The Labute approximate surface area is 179 Å². The van der Waals surface area contributed by atoms with Gasteiger partial charge in [0, 0.05) is 44.3 Å². The molecule has 2 aliphatic rings. The van der Waals surface area contributed by atoms with E-state index < -0.39 is 17.6 Å². The summed E-state index contributed by atoms with van der Waals surface area (Å²) < 4.78 is 26.5. The molecule has 2 aliphatic heterocycles. The van der Waals surface area contributed by atoms with Crippen LogP contribution in [0.5, 0.6) is 0 Å². The van der Waals surface area contributed by atoms with Crippen molar-refractivity contribution < 1.29 is 23.2 Å². The average molecular weight is 427 g/mol. The lowest BCUT2D eigenvalue weighted by molar-refractivity contribution is -0.158. The van der Waals surface area contributed by atoms with Gasteiger partial charge in [-0.2, -0.15) is 0 Å². The quantitative estimate of drug-likeness (QED) is 0.705. The highest BCUT2D eigenvalue weighted by molar-refractivity contribution is 6.35. The second kappa shape index (κ2) is 8.83. The maximum Gasteiger partial charge on any atom is 0.312 e. The third-order valence-electron chi connectivity index (χ3n) is 5.89. The molecule has 2 aromatic carbocycles. The van der Waals surface area contributed by atoms with Crippen LogP contribution in [0.3, 0.4) is 0 Å². The molecule has 0 saturated carbocycles. The molecule has 0 unspecified atom stereocenters. The third-order valence-corrected chi connectivity index (χ3v) is 5.89. The van der Waals surface area contributed by atoms with Gasteiger partial charge in [0.25, 0.3) is 5.91 Å². The van der Waals surface area contributed by atoms with E-state index in [1.165, 1.54) is 41.3 Å². The van der Waals surface area contributed by atoms with Crippen LogP contribution in [0, 0.1) is 11.6 Å². The van der Waals surface area contributed by atoms with Gasteiger partial charge in [0.05, 0.1) is 0 Å². The van der Waals surface area contributed by atoms with E-state index in [1.807, 2.05) is 0 Å². The molecule has 162 valence electrons. The van der Waals surface area contributed by atoms with Crippen LogP contribution in [0.25, 0.3) is 0 Å². The molecule has 31 heavy (non-hydrogen) atoms. The summed E-state index contributed by atoms with van der Waals surface area (Å²) in [6.07, 6.45) is 1.16. The van der Waals surface area contributed by atoms with Crippen molar-refractivity contribution in [2.24, 2.45) is 0 Å². The fraction of sp³-hybridized carbons (Fsp3) is 0.348. The first-order chi connectivity index (χ1) is 14.9. The molecule has 0 bridgehead atoms. The summed E-state index contributed by atoms with van der Waals surface area (Å²) in [6, 6.07) is 11.3. The van der Waals surface area contributed by atoms with Crippen LogP contribution < -0.4 is 0 Å². The van der Waals surface area contributed by atoms with Crippen LogP contribution in [0.4, 0.5) is 8.78 Å². The molecule has 2 heterocycles. The number of benzene rings is 2. The Balaban J connectivity index is 1.33. The van der Waals surface area contributed by atoms with Crippen molar-refractivity contribution in [2.45, 2.75) is 25.4 Å². The average Bonchev–Trinajstić information content (AvgIpc) is 2.77. The Morgan fingerprint density at radius 2 is 1.58 bits per heavy atom. The predicted octanol–water partition coefficient (Wildman–Crippen LogP) is 2.44. The molecule has 2 saturated heterocycles. The lowest BCUT2D eigenvalue weighted by Gasteiger charge is -2.42. The fourth-order valence-corrected chi connectivity index (χ4v) is 4.20. The number of halogens is 2. The minimum absolute atomic E-state index is 0.106. The molecule has 3 amide bonds. The number of piperazine rings is 1. The first kappa shape index (κ1) is 21.0. The van der Waals surface area contributed by atoms with Crippen molar-refractivity contribution in [1.82, 2.24) is 14.7 Å². The Morgan fingerprint density at radius 1 is 0.871 bits per heavy atom. The highest BCUT2D eigenvalue weighted by Gasteiger charge is 2.38. The summed E-state index contributed by atoms with van der Waals surface area (Å²) >= 11 is 0. The molecular weight excluding hydrogens is 404 g/mol. The van der Waals surface area contributed by atoms with Crippen molar-refractivity contribution in [3.05, 3.63) is 71.3 Å². The van der Waals surface area contributed by atoms with Gasteiger partial charge in [0.2, 0.25) is 0 Å². The number of hydrogen-bond acceptors (Lipinski definition) is 3. The van der Waals surface area contributed by atoms with E-state index in [0.29, 0.717) is 50.1 Å². The summed E-state index contributed by atoms with van der Waals surface area (Å²) in [5, 5.41) is 0. The third kappa shape index (κ3) is 4.57. The molecule has 2 aromatic rings. The van der Waals surface area contributed by atoms with Crippen LogP contribution in [0.2, 0.25) is 0 Å². The lowest BCUT2D eigenvalue weighted by Crippen LogP contribution is -2.59. The first-order valence-corrected chi connectivity index (χ1v) is 10.3. The molecule has 0 aliphatic carbocycles. The lowest BCUT2D eigenvalue weighted by atomic mass is 10.0. The second-order valence-electron chi connectivity index (χ2n) is 7.89. The van der Waals surface area contributed by atoms with E-state index in [1.54, 1.807) is 21.9 Å². The number of piperidine rings is 1. The largest absolute Gasteiger partial charge is 0.338 e. The Hall–Kier alpha value is -3.29. The SMILES string of the molecule is O=C1C(=O)N(C2CCN(C(=O)c3ccc(F)cc3)CC2)CCN1Cc1cccc(F)c1. The minimum atomic E-state index is -0.583. The minimum Gasteiger partial charge on any atom is -0.338 e. The molecular formula is C23H23F2N3O3. The molecule has 2 fully saturated rings. The topological polar surface area (TPSA) is 60.9 Å². The summed E-state index contributed by atoms with van der Waals surface area (Å²) in [7, 11) is 0. The Kier molecular flexibility index (Phi) is 5.97. The zero-order valence-electron chi connectivity index (χ0n) is 17.0. The van der Waals surface area contributed by atoms with Gasteiger partial charge in [0.15, 0.2) is 0 Å². The van der Waals surface area contributed by atoms with Gasteiger partial charge in [-0.1, -0.05) is 12.1 Å². The number of carbonyl (C=O) groups excluding carboxylic acids is 3. The molecule has 0 spiro atoms. The number of amides is 3. The van der Waals surface area contributed by atoms with Crippen molar-refractivity contribution in [3.63, 3.8) is 0 Å². The maximum atomic E-state index is 13.4. The highest BCUT2D eigenvalue weighted by Crippen LogP contribution is 2.22. The summed E-state index contributed by atoms with van der Waals surface area (Å²) in [4.78, 5) is 42.6. The monoisotopic (exact) mass is 427 g/mol. The van der Waals surface area contributed by atoms with Crippen molar-refractivity contribution >= 4 is 17.7 Å². The van der Waals surface area contributed by atoms with Gasteiger partial charge in [-0.05, 0) is 54.8 Å². The van der Waals surface area contributed by atoms with Crippen LogP contribution in [-0.4, -0.2) is 64.6 Å². The molecule has 0 radical (unpaired) electrons. The molecule has 4 rings (SSSR count). The number of likely N-dealkylation sites (tertiary alicyclic amines) is 1. The second-order valence-corrected chi connectivity index (χ2v) is 7.89. The number of carbonyl (C=O) groups is 3. The molecule has 0 aromatic heterocycles.